The van der Waals surface area contributed by atoms with Gasteiger partial charge in [0.15, 0.2) is 0 Å². The second kappa shape index (κ2) is 7.25. The minimum Gasteiger partial charge on any atom is -0.497 e. The molecule has 3 rings (SSSR count). The molecule has 0 saturated carbocycles. The molecule has 0 aromatic heterocycles. The fourth-order valence-corrected chi connectivity index (χ4v) is 3.96. The summed E-state index contributed by atoms with van der Waals surface area (Å²) < 4.78 is 32.4. The topological polar surface area (TPSA) is 75.7 Å². The molecule has 1 atom stereocenters. The molecule has 1 N–H and O–H groups in total. The van der Waals surface area contributed by atoms with Gasteiger partial charge in [-0.3, -0.25) is 4.79 Å². The Morgan fingerprint density at radius 1 is 1.12 bits per heavy atom. The van der Waals surface area contributed by atoms with E-state index >= 15 is 0 Å². The van der Waals surface area contributed by atoms with Crippen molar-refractivity contribution in [2.45, 2.75) is 11.3 Å². The Bertz CT molecular complexity index is 835. The van der Waals surface area contributed by atoms with E-state index < -0.39 is 10.0 Å². The van der Waals surface area contributed by atoms with Crippen LogP contribution in [0.2, 0.25) is 0 Å². The minimum absolute atomic E-state index is 0.0137. The van der Waals surface area contributed by atoms with Crippen molar-refractivity contribution in [1.82, 2.24) is 4.72 Å². The molecule has 132 valence electrons. The van der Waals surface area contributed by atoms with Crippen LogP contribution in [-0.4, -0.2) is 34.5 Å². The molecule has 6 nitrogen and oxygen atoms in total. The summed E-state index contributed by atoms with van der Waals surface area (Å²) in [5.74, 6) is 0.555. The number of amides is 1. The molecule has 1 amide bonds. The molecule has 1 heterocycles. The van der Waals surface area contributed by atoms with Gasteiger partial charge in [0.05, 0.1) is 12.0 Å². The van der Waals surface area contributed by atoms with Crippen LogP contribution >= 0.6 is 0 Å². The molecule has 0 spiro atoms. The Balaban J connectivity index is 1.62. The number of sulfonamides is 1. The van der Waals surface area contributed by atoms with Crippen molar-refractivity contribution in [1.29, 1.82) is 0 Å². The number of nitrogens with zero attached hydrogens (tertiary/aromatic N) is 1. The maximum absolute atomic E-state index is 12.4. The van der Waals surface area contributed by atoms with E-state index in [9.17, 15) is 13.2 Å². The molecule has 7 heteroatoms. The molecule has 25 heavy (non-hydrogen) atoms. The van der Waals surface area contributed by atoms with Crippen molar-refractivity contribution in [3.8, 4) is 5.75 Å². The molecule has 0 aliphatic carbocycles. The lowest BCUT2D eigenvalue weighted by Gasteiger charge is -2.17. The molecule has 2 aromatic carbocycles. The summed E-state index contributed by atoms with van der Waals surface area (Å²) in [6.45, 7) is 0.734. The number of anilines is 1. The Morgan fingerprint density at radius 3 is 2.44 bits per heavy atom. The van der Waals surface area contributed by atoms with Crippen LogP contribution in [0.3, 0.4) is 0 Å². The first kappa shape index (κ1) is 17.4. The third-order valence-corrected chi connectivity index (χ3v) is 5.64. The van der Waals surface area contributed by atoms with Gasteiger partial charge < -0.3 is 9.64 Å². The van der Waals surface area contributed by atoms with Crippen LogP contribution in [-0.2, 0) is 14.8 Å². The van der Waals surface area contributed by atoms with E-state index in [1.165, 1.54) is 19.2 Å². The summed E-state index contributed by atoms with van der Waals surface area (Å²) in [7, 11) is -2.08. The van der Waals surface area contributed by atoms with Crippen molar-refractivity contribution >= 4 is 21.6 Å². The number of carbonyl (C=O) groups is 1. The summed E-state index contributed by atoms with van der Waals surface area (Å²) in [6, 6.07) is 15.6. The fourth-order valence-electron chi connectivity index (χ4n) is 2.84. The van der Waals surface area contributed by atoms with E-state index in [0.717, 1.165) is 5.69 Å². The van der Waals surface area contributed by atoms with Gasteiger partial charge in [-0.15, -0.1) is 0 Å². The highest BCUT2D eigenvalue weighted by atomic mass is 32.2. The van der Waals surface area contributed by atoms with Crippen molar-refractivity contribution in [2.75, 3.05) is 25.1 Å². The number of hydrogen-bond donors (Lipinski definition) is 1. The number of rotatable bonds is 6. The zero-order valence-corrected chi connectivity index (χ0v) is 14.7. The molecule has 0 unspecified atom stereocenters. The average Bonchev–Trinajstić information content (AvgIpc) is 3.02. The van der Waals surface area contributed by atoms with Gasteiger partial charge in [-0.2, -0.15) is 0 Å². The summed E-state index contributed by atoms with van der Waals surface area (Å²) in [6.07, 6.45) is 0.333. The average molecular weight is 360 g/mol. The molecule has 1 aliphatic heterocycles. The Hall–Kier alpha value is -2.38. The normalized spacial score (nSPS) is 17.7. The number of para-hydroxylation sites is 1. The molecule has 0 bridgehead atoms. The monoisotopic (exact) mass is 360 g/mol. The molecule has 0 radical (unpaired) electrons. The number of ether oxygens (including phenoxy) is 1. The number of benzene rings is 2. The molecule has 1 fully saturated rings. The Morgan fingerprint density at radius 2 is 1.80 bits per heavy atom. The fraction of sp³-hybridized carbons (Fsp3) is 0.278. The van der Waals surface area contributed by atoms with E-state index in [0.29, 0.717) is 18.7 Å². The largest absolute Gasteiger partial charge is 0.497 e. The van der Waals surface area contributed by atoms with Crippen LogP contribution in [0.1, 0.15) is 6.42 Å². The lowest BCUT2D eigenvalue weighted by Crippen LogP contribution is -2.31. The zero-order chi connectivity index (χ0) is 17.9. The van der Waals surface area contributed by atoms with Crippen molar-refractivity contribution < 1.29 is 17.9 Å². The van der Waals surface area contributed by atoms with E-state index in [1.807, 2.05) is 30.3 Å². The number of carbonyl (C=O) groups excluding carboxylic acids is 1. The highest BCUT2D eigenvalue weighted by molar-refractivity contribution is 7.89. The van der Waals surface area contributed by atoms with Crippen molar-refractivity contribution in [3.63, 3.8) is 0 Å². The maximum atomic E-state index is 12.4. The van der Waals surface area contributed by atoms with Crippen molar-refractivity contribution in [3.05, 3.63) is 54.6 Å². The van der Waals surface area contributed by atoms with Crippen LogP contribution in [0.25, 0.3) is 0 Å². The summed E-state index contributed by atoms with van der Waals surface area (Å²) in [5.41, 5.74) is 0.841. The lowest BCUT2D eigenvalue weighted by atomic mass is 10.1. The van der Waals surface area contributed by atoms with E-state index in [4.69, 9.17) is 4.74 Å². The molecule has 2 aromatic rings. The molecule has 1 aliphatic rings. The van der Waals surface area contributed by atoms with Gasteiger partial charge in [-0.25, -0.2) is 13.1 Å². The smallest absolute Gasteiger partial charge is 0.240 e. The number of nitrogens with one attached hydrogen (secondary N) is 1. The second-order valence-corrected chi connectivity index (χ2v) is 7.70. The van der Waals surface area contributed by atoms with E-state index in [2.05, 4.69) is 4.72 Å². The van der Waals surface area contributed by atoms with Gasteiger partial charge in [0.25, 0.3) is 0 Å². The highest BCUT2D eigenvalue weighted by Gasteiger charge is 2.31. The predicted molar refractivity (Wildman–Crippen MR) is 95.1 cm³/mol. The Labute approximate surface area is 147 Å². The molecule has 1 saturated heterocycles. The highest BCUT2D eigenvalue weighted by Crippen LogP contribution is 2.24. The summed E-state index contributed by atoms with van der Waals surface area (Å²) >= 11 is 0. The standard InChI is InChI=1S/C18H20N2O4S/c1-24-16-7-9-17(10-8-16)25(22,23)19-12-14-11-18(21)20(13-14)15-5-3-2-4-6-15/h2-10,14,19H,11-13H2,1H3/t14-/m1/s1. The van der Waals surface area contributed by atoms with Gasteiger partial charge in [0.1, 0.15) is 5.75 Å². The first-order chi connectivity index (χ1) is 12.0. The van der Waals surface area contributed by atoms with Crippen LogP contribution in [0.15, 0.2) is 59.5 Å². The van der Waals surface area contributed by atoms with Gasteiger partial charge in [0.2, 0.25) is 15.9 Å². The van der Waals surface area contributed by atoms with E-state index in [-0.39, 0.29) is 23.3 Å². The molecular formula is C18H20N2O4S. The third kappa shape index (κ3) is 4.00. The van der Waals surface area contributed by atoms with Gasteiger partial charge >= 0.3 is 0 Å². The number of hydrogen-bond acceptors (Lipinski definition) is 4. The van der Waals surface area contributed by atoms with Gasteiger partial charge in [0, 0.05) is 25.2 Å². The Kier molecular flexibility index (Phi) is 5.06. The minimum atomic E-state index is -3.61. The maximum Gasteiger partial charge on any atom is 0.240 e. The predicted octanol–water partition coefficient (Wildman–Crippen LogP) is 2.03. The summed E-state index contributed by atoms with van der Waals surface area (Å²) in [5, 5.41) is 0. The zero-order valence-electron chi connectivity index (χ0n) is 13.9. The first-order valence-corrected chi connectivity index (χ1v) is 9.47. The first-order valence-electron chi connectivity index (χ1n) is 7.99. The van der Waals surface area contributed by atoms with Crippen LogP contribution < -0.4 is 14.4 Å². The van der Waals surface area contributed by atoms with E-state index in [1.54, 1.807) is 17.0 Å². The third-order valence-electron chi connectivity index (χ3n) is 4.20. The second-order valence-electron chi connectivity index (χ2n) is 5.94. The van der Waals surface area contributed by atoms with Crippen LogP contribution in [0, 0.1) is 5.92 Å². The molecular weight excluding hydrogens is 340 g/mol. The van der Waals surface area contributed by atoms with Crippen LogP contribution in [0.5, 0.6) is 5.75 Å². The lowest BCUT2D eigenvalue weighted by molar-refractivity contribution is -0.117. The quantitative estimate of drug-likeness (QED) is 0.855. The van der Waals surface area contributed by atoms with Crippen molar-refractivity contribution in [2.24, 2.45) is 5.92 Å². The SMILES string of the molecule is COc1ccc(S(=O)(=O)NC[C@H]2CC(=O)N(c3ccccc3)C2)cc1. The van der Waals surface area contributed by atoms with Gasteiger partial charge in [-0.1, -0.05) is 18.2 Å². The van der Waals surface area contributed by atoms with Crippen LogP contribution in [0.4, 0.5) is 5.69 Å². The number of methoxy groups -OCH3 is 1. The van der Waals surface area contributed by atoms with Gasteiger partial charge in [-0.05, 0) is 42.3 Å². The summed E-state index contributed by atoms with van der Waals surface area (Å²) in [4.78, 5) is 14.1.